The molecule has 0 bridgehead atoms. The summed E-state index contributed by atoms with van der Waals surface area (Å²) in [5, 5.41) is 9.61. The standard InChI is InChI=1S/C12H23NO/c1-11(2)8-13(9-11)12(10-14)6-4-3-5-7-12/h14H,3-10H2,1-2H3. The Bertz CT molecular complexity index is 198. The van der Waals surface area contributed by atoms with Crippen LogP contribution in [0.25, 0.3) is 0 Å². The van der Waals surface area contributed by atoms with Gasteiger partial charge in [-0.15, -0.1) is 0 Å². The van der Waals surface area contributed by atoms with E-state index >= 15 is 0 Å². The monoisotopic (exact) mass is 197 g/mol. The van der Waals surface area contributed by atoms with E-state index in [0.717, 1.165) is 0 Å². The van der Waals surface area contributed by atoms with E-state index in [0.29, 0.717) is 12.0 Å². The van der Waals surface area contributed by atoms with Crippen molar-refractivity contribution in [3.05, 3.63) is 0 Å². The first-order chi connectivity index (χ1) is 6.58. The van der Waals surface area contributed by atoms with Crippen molar-refractivity contribution in [3.8, 4) is 0 Å². The highest BCUT2D eigenvalue weighted by atomic mass is 16.3. The minimum atomic E-state index is 0.160. The second-order valence-electron chi connectivity index (χ2n) is 5.96. The molecule has 2 fully saturated rings. The fourth-order valence-electron chi connectivity index (χ4n) is 3.11. The predicted octanol–water partition coefficient (Wildman–Crippen LogP) is 2.02. The zero-order valence-electron chi connectivity index (χ0n) is 9.55. The largest absolute Gasteiger partial charge is 0.394 e. The summed E-state index contributed by atoms with van der Waals surface area (Å²) >= 11 is 0. The topological polar surface area (TPSA) is 23.5 Å². The zero-order valence-corrected chi connectivity index (χ0v) is 9.55. The van der Waals surface area contributed by atoms with Gasteiger partial charge < -0.3 is 5.11 Å². The smallest absolute Gasteiger partial charge is 0.0615 e. The Labute approximate surface area is 87.3 Å². The van der Waals surface area contributed by atoms with Crippen molar-refractivity contribution in [1.82, 2.24) is 4.90 Å². The van der Waals surface area contributed by atoms with Gasteiger partial charge in [-0.2, -0.15) is 0 Å². The van der Waals surface area contributed by atoms with Crippen molar-refractivity contribution in [1.29, 1.82) is 0 Å². The third-order valence-corrected chi connectivity index (χ3v) is 3.99. The van der Waals surface area contributed by atoms with Crippen molar-refractivity contribution in [2.24, 2.45) is 5.41 Å². The average Bonchev–Trinajstić information content (AvgIpc) is 2.15. The molecule has 0 aromatic rings. The second kappa shape index (κ2) is 3.49. The maximum absolute atomic E-state index is 9.61. The molecule has 0 spiro atoms. The number of aliphatic hydroxyl groups excluding tert-OH is 1. The molecule has 1 saturated carbocycles. The number of likely N-dealkylation sites (tertiary alicyclic amines) is 1. The summed E-state index contributed by atoms with van der Waals surface area (Å²) in [5.74, 6) is 0. The van der Waals surface area contributed by atoms with Crippen LogP contribution in [0, 0.1) is 5.41 Å². The van der Waals surface area contributed by atoms with Crippen molar-refractivity contribution < 1.29 is 5.11 Å². The molecule has 1 saturated heterocycles. The highest BCUT2D eigenvalue weighted by molar-refractivity contribution is 5.01. The molecular formula is C12H23NO. The summed E-state index contributed by atoms with van der Waals surface area (Å²) in [6, 6.07) is 0. The van der Waals surface area contributed by atoms with Gasteiger partial charge in [0.25, 0.3) is 0 Å². The number of aliphatic hydroxyl groups is 1. The second-order valence-corrected chi connectivity index (χ2v) is 5.96. The van der Waals surface area contributed by atoms with E-state index in [4.69, 9.17) is 0 Å². The molecule has 2 rings (SSSR count). The Morgan fingerprint density at radius 3 is 2.07 bits per heavy atom. The predicted molar refractivity (Wildman–Crippen MR) is 58.3 cm³/mol. The number of nitrogens with zero attached hydrogens (tertiary/aromatic N) is 1. The summed E-state index contributed by atoms with van der Waals surface area (Å²) < 4.78 is 0. The maximum Gasteiger partial charge on any atom is 0.0615 e. The van der Waals surface area contributed by atoms with Crippen molar-refractivity contribution in [2.75, 3.05) is 19.7 Å². The molecule has 1 aliphatic carbocycles. The first-order valence-corrected chi connectivity index (χ1v) is 5.94. The number of rotatable bonds is 2. The molecule has 0 unspecified atom stereocenters. The molecule has 0 atom stereocenters. The molecule has 2 nitrogen and oxygen atoms in total. The highest BCUT2D eigenvalue weighted by Crippen LogP contribution is 2.41. The summed E-state index contributed by atoms with van der Waals surface area (Å²) in [5.41, 5.74) is 0.646. The molecule has 0 aromatic carbocycles. The van der Waals surface area contributed by atoms with Gasteiger partial charge in [-0.3, -0.25) is 4.90 Å². The quantitative estimate of drug-likeness (QED) is 0.732. The summed E-state index contributed by atoms with van der Waals surface area (Å²) in [7, 11) is 0. The Morgan fingerprint density at radius 1 is 1.07 bits per heavy atom. The van der Waals surface area contributed by atoms with Crippen molar-refractivity contribution in [2.45, 2.75) is 51.5 Å². The van der Waals surface area contributed by atoms with Gasteiger partial charge in [-0.05, 0) is 18.3 Å². The Morgan fingerprint density at radius 2 is 1.64 bits per heavy atom. The van der Waals surface area contributed by atoms with Gasteiger partial charge in [0.15, 0.2) is 0 Å². The molecule has 2 heteroatoms. The van der Waals surface area contributed by atoms with Crippen LogP contribution in [0.3, 0.4) is 0 Å². The van der Waals surface area contributed by atoms with Crippen LogP contribution in [0.1, 0.15) is 46.0 Å². The van der Waals surface area contributed by atoms with Crippen LogP contribution in [0.4, 0.5) is 0 Å². The van der Waals surface area contributed by atoms with E-state index in [9.17, 15) is 5.11 Å². The van der Waals surface area contributed by atoms with Crippen molar-refractivity contribution in [3.63, 3.8) is 0 Å². The summed E-state index contributed by atoms with van der Waals surface area (Å²) in [4.78, 5) is 2.52. The minimum Gasteiger partial charge on any atom is -0.394 e. The van der Waals surface area contributed by atoms with Crippen LogP contribution in [0.2, 0.25) is 0 Å². The normalized spacial score (nSPS) is 31.1. The van der Waals surface area contributed by atoms with Gasteiger partial charge in [0.2, 0.25) is 0 Å². The van der Waals surface area contributed by atoms with Crippen LogP contribution < -0.4 is 0 Å². The molecule has 2 aliphatic rings. The van der Waals surface area contributed by atoms with Gasteiger partial charge in [0.05, 0.1) is 6.61 Å². The third-order valence-electron chi connectivity index (χ3n) is 3.99. The van der Waals surface area contributed by atoms with Crippen LogP contribution in [-0.2, 0) is 0 Å². The van der Waals surface area contributed by atoms with E-state index in [1.807, 2.05) is 0 Å². The molecule has 1 aliphatic heterocycles. The zero-order chi connectivity index (χ0) is 10.2. The summed E-state index contributed by atoms with van der Waals surface area (Å²) in [6.45, 7) is 7.35. The van der Waals surface area contributed by atoms with E-state index < -0.39 is 0 Å². The molecule has 14 heavy (non-hydrogen) atoms. The Kier molecular flexibility index (Phi) is 2.61. The Balaban J connectivity index is 1.99. The molecule has 0 radical (unpaired) electrons. The SMILES string of the molecule is CC1(C)CN(C2(CO)CCCCC2)C1. The lowest BCUT2D eigenvalue weighted by molar-refractivity contribution is -0.0976. The first-order valence-electron chi connectivity index (χ1n) is 5.94. The molecule has 1 N–H and O–H groups in total. The van der Waals surface area contributed by atoms with Gasteiger partial charge >= 0.3 is 0 Å². The molecule has 82 valence electrons. The lowest BCUT2D eigenvalue weighted by Crippen LogP contribution is -2.65. The van der Waals surface area contributed by atoms with Crippen LogP contribution in [-0.4, -0.2) is 35.2 Å². The van der Waals surface area contributed by atoms with Crippen LogP contribution in [0.15, 0.2) is 0 Å². The fourth-order valence-corrected chi connectivity index (χ4v) is 3.11. The van der Waals surface area contributed by atoms with Gasteiger partial charge in [0, 0.05) is 18.6 Å². The maximum atomic E-state index is 9.61. The summed E-state index contributed by atoms with van der Waals surface area (Å²) in [6.07, 6.45) is 6.38. The fraction of sp³-hybridized carbons (Fsp3) is 1.00. The average molecular weight is 197 g/mol. The van der Waals surface area contributed by atoms with E-state index in [2.05, 4.69) is 18.7 Å². The molecule has 1 heterocycles. The number of hydrogen-bond acceptors (Lipinski definition) is 2. The lowest BCUT2D eigenvalue weighted by Gasteiger charge is -2.57. The third kappa shape index (κ3) is 1.70. The Hall–Kier alpha value is -0.0800. The number of hydrogen-bond donors (Lipinski definition) is 1. The van der Waals surface area contributed by atoms with E-state index in [-0.39, 0.29) is 5.54 Å². The van der Waals surface area contributed by atoms with E-state index in [1.165, 1.54) is 45.2 Å². The van der Waals surface area contributed by atoms with Crippen LogP contribution in [0.5, 0.6) is 0 Å². The van der Waals surface area contributed by atoms with Gasteiger partial charge in [-0.1, -0.05) is 33.1 Å². The van der Waals surface area contributed by atoms with Crippen molar-refractivity contribution >= 4 is 0 Å². The molecule has 0 aromatic heterocycles. The van der Waals surface area contributed by atoms with Gasteiger partial charge in [0.1, 0.15) is 0 Å². The van der Waals surface area contributed by atoms with Crippen LogP contribution >= 0.6 is 0 Å². The van der Waals surface area contributed by atoms with E-state index in [1.54, 1.807) is 0 Å². The first kappa shape index (κ1) is 10.4. The van der Waals surface area contributed by atoms with Gasteiger partial charge in [-0.25, -0.2) is 0 Å². The lowest BCUT2D eigenvalue weighted by atomic mass is 9.74. The minimum absolute atomic E-state index is 0.160. The highest BCUT2D eigenvalue weighted by Gasteiger charge is 2.46. The molecular weight excluding hydrogens is 174 g/mol. The molecule has 0 amide bonds.